The molecule has 1 nitrogen and oxygen atoms in total. The lowest BCUT2D eigenvalue weighted by Gasteiger charge is -1.95. The van der Waals surface area contributed by atoms with Gasteiger partial charge >= 0.3 is 0 Å². The van der Waals surface area contributed by atoms with E-state index in [1.807, 2.05) is 0 Å². The molecular weight excluding hydrogens is 206 g/mol. The molecule has 2 aromatic rings. The summed E-state index contributed by atoms with van der Waals surface area (Å²) in [6, 6.07) is 12.8. The van der Waals surface area contributed by atoms with Crippen LogP contribution in [0, 0.1) is 6.92 Å². The minimum absolute atomic E-state index is 1.02. The maximum atomic E-state index is 2.16. The lowest BCUT2D eigenvalue weighted by atomic mass is 10.1. The van der Waals surface area contributed by atoms with E-state index in [-0.39, 0.29) is 0 Å². The van der Waals surface area contributed by atoms with E-state index in [1.165, 1.54) is 16.7 Å². The average Bonchev–Trinajstić information content (AvgIpc) is 2.39. The Bertz CT molecular complexity index is 492. The van der Waals surface area contributed by atoms with Crippen molar-refractivity contribution in [3.8, 4) is 0 Å². The van der Waals surface area contributed by atoms with E-state index in [0.29, 0.717) is 0 Å². The summed E-state index contributed by atoms with van der Waals surface area (Å²) in [5.74, 6) is 0. The van der Waals surface area contributed by atoms with Gasteiger partial charge in [0.05, 0.1) is 0 Å². The molecule has 1 heterocycles. The van der Waals surface area contributed by atoms with Crippen LogP contribution in [-0.2, 0) is 6.54 Å². The summed E-state index contributed by atoms with van der Waals surface area (Å²) in [7, 11) is 0. The van der Waals surface area contributed by atoms with Gasteiger partial charge in [0.25, 0.3) is 0 Å². The van der Waals surface area contributed by atoms with Gasteiger partial charge in [-0.25, -0.2) is 4.57 Å². The zero-order chi connectivity index (χ0) is 12.1. The number of aryl methyl sites for hydroxylation is 2. The smallest absolute Gasteiger partial charge is 0.169 e. The molecule has 0 radical (unpaired) electrons. The van der Waals surface area contributed by atoms with Crippen LogP contribution in [0.15, 0.2) is 48.8 Å². The Hall–Kier alpha value is -1.89. The Morgan fingerprint density at radius 1 is 0.882 bits per heavy atom. The van der Waals surface area contributed by atoms with E-state index in [9.17, 15) is 0 Å². The molecule has 0 aliphatic rings. The van der Waals surface area contributed by atoms with Gasteiger partial charge in [-0.05, 0) is 25.0 Å². The first kappa shape index (κ1) is 11.6. The number of aromatic nitrogens is 1. The molecular formula is C16H18N+. The molecule has 0 fully saturated rings. The molecule has 0 aliphatic carbocycles. The lowest BCUT2D eigenvalue weighted by Crippen LogP contribution is -2.30. The molecule has 0 bridgehead atoms. The van der Waals surface area contributed by atoms with Crippen molar-refractivity contribution in [1.29, 1.82) is 0 Å². The van der Waals surface area contributed by atoms with Crippen LogP contribution in [0.25, 0.3) is 12.2 Å². The van der Waals surface area contributed by atoms with Crippen LogP contribution in [0.5, 0.6) is 0 Å². The number of hydrogen-bond donors (Lipinski definition) is 0. The second-order valence-electron chi connectivity index (χ2n) is 4.21. The van der Waals surface area contributed by atoms with Crippen molar-refractivity contribution in [3.05, 3.63) is 65.5 Å². The Balaban J connectivity index is 2.11. The first-order valence-corrected chi connectivity index (χ1v) is 6.02. The van der Waals surface area contributed by atoms with Crippen molar-refractivity contribution < 1.29 is 4.57 Å². The van der Waals surface area contributed by atoms with Gasteiger partial charge < -0.3 is 0 Å². The third kappa shape index (κ3) is 3.28. The highest BCUT2D eigenvalue weighted by Gasteiger charge is 1.94. The first-order valence-electron chi connectivity index (χ1n) is 6.02. The molecule has 1 heteroatoms. The summed E-state index contributed by atoms with van der Waals surface area (Å²) in [5.41, 5.74) is 3.77. The number of benzene rings is 1. The summed E-state index contributed by atoms with van der Waals surface area (Å²) in [6.45, 7) is 5.26. The summed E-state index contributed by atoms with van der Waals surface area (Å²) in [4.78, 5) is 0. The molecule has 0 aliphatic heterocycles. The maximum absolute atomic E-state index is 2.16. The molecule has 1 aromatic carbocycles. The summed E-state index contributed by atoms with van der Waals surface area (Å²) < 4.78 is 2.16. The quantitative estimate of drug-likeness (QED) is 0.703. The van der Waals surface area contributed by atoms with Gasteiger partial charge in [0.15, 0.2) is 12.4 Å². The predicted octanol–water partition coefficient (Wildman–Crippen LogP) is 3.47. The zero-order valence-electron chi connectivity index (χ0n) is 10.4. The fourth-order valence-corrected chi connectivity index (χ4v) is 1.66. The molecule has 1 aromatic heterocycles. The minimum atomic E-state index is 1.02. The molecule has 0 atom stereocenters. The second-order valence-corrected chi connectivity index (χ2v) is 4.21. The van der Waals surface area contributed by atoms with E-state index in [1.54, 1.807) is 0 Å². The zero-order valence-corrected chi connectivity index (χ0v) is 10.4. The molecule has 86 valence electrons. The van der Waals surface area contributed by atoms with Crippen LogP contribution in [-0.4, -0.2) is 0 Å². The van der Waals surface area contributed by atoms with Crippen LogP contribution < -0.4 is 4.57 Å². The third-order valence-electron chi connectivity index (χ3n) is 2.83. The van der Waals surface area contributed by atoms with Crippen molar-refractivity contribution in [2.75, 3.05) is 0 Å². The van der Waals surface area contributed by atoms with Crippen LogP contribution in [0.3, 0.4) is 0 Å². The van der Waals surface area contributed by atoms with Gasteiger partial charge in [-0.15, -0.1) is 0 Å². The van der Waals surface area contributed by atoms with Crippen LogP contribution in [0.1, 0.15) is 23.6 Å². The van der Waals surface area contributed by atoms with Crippen molar-refractivity contribution >= 4 is 12.2 Å². The highest BCUT2D eigenvalue weighted by molar-refractivity contribution is 5.69. The SMILES string of the molecule is CC[n+]1ccc(/C=C/c2ccc(C)cc2)cc1. The fraction of sp³-hybridized carbons (Fsp3) is 0.188. The minimum Gasteiger partial charge on any atom is -0.205 e. The lowest BCUT2D eigenvalue weighted by molar-refractivity contribution is -0.693. The van der Waals surface area contributed by atoms with Gasteiger partial charge in [-0.2, -0.15) is 0 Å². The molecule has 0 amide bonds. The van der Waals surface area contributed by atoms with Gasteiger partial charge in [0, 0.05) is 12.1 Å². The second kappa shape index (κ2) is 5.44. The van der Waals surface area contributed by atoms with Gasteiger partial charge in [0.1, 0.15) is 6.54 Å². The average molecular weight is 224 g/mol. The van der Waals surface area contributed by atoms with E-state index in [0.717, 1.165) is 6.54 Å². The molecule has 17 heavy (non-hydrogen) atoms. The van der Waals surface area contributed by atoms with Crippen molar-refractivity contribution in [2.24, 2.45) is 0 Å². The fourth-order valence-electron chi connectivity index (χ4n) is 1.66. The Kier molecular flexibility index (Phi) is 3.71. The predicted molar refractivity (Wildman–Crippen MR) is 72.4 cm³/mol. The number of rotatable bonds is 3. The first-order chi connectivity index (χ1) is 8.28. The van der Waals surface area contributed by atoms with Crippen molar-refractivity contribution in [3.63, 3.8) is 0 Å². The number of hydrogen-bond acceptors (Lipinski definition) is 0. The highest BCUT2D eigenvalue weighted by Crippen LogP contribution is 2.08. The van der Waals surface area contributed by atoms with Gasteiger partial charge in [-0.3, -0.25) is 0 Å². The van der Waals surface area contributed by atoms with Crippen LogP contribution in [0.4, 0.5) is 0 Å². The van der Waals surface area contributed by atoms with Gasteiger partial charge in [0.2, 0.25) is 0 Å². The van der Waals surface area contributed by atoms with Crippen LogP contribution >= 0.6 is 0 Å². The van der Waals surface area contributed by atoms with Gasteiger partial charge in [-0.1, -0.05) is 42.0 Å². The number of pyridine rings is 1. The molecule has 2 rings (SSSR count). The van der Waals surface area contributed by atoms with E-state index in [4.69, 9.17) is 0 Å². The Labute approximate surface area is 103 Å². The molecule has 0 unspecified atom stereocenters. The third-order valence-corrected chi connectivity index (χ3v) is 2.83. The largest absolute Gasteiger partial charge is 0.205 e. The highest BCUT2D eigenvalue weighted by atomic mass is 14.9. The van der Waals surface area contributed by atoms with Crippen LogP contribution in [0.2, 0.25) is 0 Å². The van der Waals surface area contributed by atoms with E-state index in [2.05, 4.69) is 79.4 Å². The Morgan fingerprint density at radius 3 is 1.94 bits per heavy atom. The Morgan fingerprint density at radius 2 is 1.41 bits per heavy atom. The molecule has 0 saturated carbocycles. The molecule has 0 saturated heterocycles. The van der Waals surface area contributed by atoms with E-state index < -0.39 is 0 Å². The summed E-state index contributed by atoms with van der Waals surface area (Å²) >= 11 is 0. The summed E-state index contributed by atoms with van der Waals surface area (Å²) in [6.07, 6.45) is 8.50. The maximum Gasteiger partial charge on any atom is 0.169 e. The van der Waals surface area contributed by atoms with E-state index >= 15 is 0 Å². The summed E-state index contributed by atoms with van der Waals surface area (Å²) in [5, 5.41) is 0. The monoisotopic (exact) mass is 224 g/mol. The standard InChI is InChI=1S/C16H18N/c1-3-17-12-10-16(11-13-17)9-8-15-6-4-14(2)5-7-15/h4-13H,3H2,1-2H3/q+1/b9-8+. The molecule has 0 spiro atoms. The number of nitrogens with zero attached hydrogens (tertiary/aromatic N) is 1. The van der Waals surface area contributed by atoms with Crippen molar-refractivity contribution in [1.82, 2.24) is 0 Å². The topological polar surface area (TPSA) is 3.88 Å². The molecule has 0 N–H and O–H groups in total. The van der Waals surface area contributed by atoms with Crippen molar-refractivity contribution in [2.45, 2.75) is 20.4 Å². The normalized spacial score (nSPS) is 10.9.